The van der Waals surface area contributed by atoms with Gasteiger partial charge in [0.25, 0.3) is 0 Å². The molecule has 0 bridgehead atoms. The number of benzene rings is 1. The number of rotatable bonds is 5. The molecule has 0 aliphatic heterocycles. The molecule has 0 unspecified atom stereocenters. The van der Waals surface area contributed by atoms with Crippen LogP contribution < -0.4 is 5.73 Å². The molecule has 2 aromatic rings. The summed E-state index contributed by atoms with van der Waals surface area (Å²) < 4.78 is 2.31. The molecule has 0 aliphatic rings. The van der Waals surface area contributed by atoms with Crippen molar-refractivity contribution in [3.8, 4) is 0 Å². The minimum atomic E-state index is -0.875. The summed E-state index contributed by atoms with van der Waals surface area (Å²) in [7, 11) is 0. The van der Waals surface area contributed by atoms with Crippen molar-refractivity contribution in [2.45, 2.75) is 46.6 Å². The van der Waals surface area contributed by atoms with Crippen molar-refractivity contribution < 1.29 is 9.90 Å². The number of carboxylic acid groups (broad SMARTS) is 1. The predicted molar refractivity (Wildman–Crippen MR) is 86.2 cm³/mol. The van der Waals surface area contributed by atoms with Crippen molar-refractivity contribution in [2.75, 3.05) is 6.54 Å². The van der Waals surface area contributed by atoms with E-state index in [1.54, 1.807) is 12.1 Å². The van der Waals surface area contributed by atoms with Crippen molar-refractivity contribution >= 4 is 16.9 Å². The second kappa shape index (κ2) is 5.90. The summed E-state index contributed by atoms with van der Waals surface area (Å²) in [6.45, 7) is 9.05. The van der Waals surface area contributed by atoms with Gasteiger partial charge in [-0.15, -0.1) is 0 Å². The van der Waals surface area contributed by atoms with E-state index >= 15 is 0 Å². The van der Waals surface area contributed by atoms with Crippen LogP contribution >= 0.6 is 0 Å². The molecule has 1 aromatic carbocycles. The van der Waals surface area contributed by atoms with Crippen molar-refractivity contribution in [2.24, 2.45) is 5.73 Å². The van der Waals surface area contributed by atoms with Gasteiger partial charge in [0.05, 0.1) is 11.1 Å². The Morgan fingerprint density at radius 3 is 2.52 bits per heavy atom. The molecular formula is C17H24N2O2. The second-order valence-corrected chi connectivity index (χ2v) is 5.76. The number of nitrogens with two attached hydrogens (primary N) is 1. The van der Waals surface area contributed by atoms with Gasteiger partial charge in [0.2, 0.25) is 0 Å². The van der Waals surface area contributed by atoms with E-state index in [1.165, 1.54) is 16.8 Å². The molecule has 0 spiro atoms. The first-order valence-corrected chi connectivity index (χ1v) is 7.52. The topological polar surface area (TPSA) is 68.2 Å². The highest BCUT2D eigenvalue weighted by Gasteiger charge is 2.20. The van der Waals surface area contributed by atoms with Gasteiger partial charge in [-0.1, -0.05) is 6.92 Å². The van der Waals surface area contributed by atoms with Gasteiger partial charge in [0.15, 0.2) is 0 Å². The maximum atomic E-state index is 11.4. The van der Waals surface area contributed by atoms with Gasteiger partial charge in [-0.05, 0) is 63.4 Å². The molecule has 0 amide bonds. The summed E-state index contributed by atoms with van der Waals surface area (Å²) in [5.74, 6) is -0.875. The number of hydrogen-bond donors (Lipinski definition) is 2. The molecule has 0 radical (unpaired) electrons. The predicted octanol–water partition coefficient (Wildman–Crippen LogP) is 3.29. The van der Waals surface area contributed by atoms with Crippen molar-refractivity contribution in [1.29, 1.82) is 0 Å². The van der Waals surface area contributed by atoms with Crippen molar-refractivity contribution in [3.63, 3.8) is 0 Å². The molecule has 114 valence electrons. The molecule has 0 aliphatic carbocycles. The van der Waals surface area contributed by atoms with E-state index in [2.05, 4.69) is 32.3 Å². The molecule has 4 nitrogen and oxygen atoms in total. The van der Waals surface area contributed by atoms with Crippen LogP contribution in [0, 0.1) is 6.92 Å². The molecule has 0 saturated carbocycles. The van der Waals surface area contributed by atoms with Gasteiger partial charge < -0.3 is 15.4 Å². The Hall–Kier alpha value is -1.81. The van der Waals surface area contributed by atoms with E-state index in [9.17, 15) is 9.90 Å². The van der Waals surface area contributed by atoms with Gasteiger partial charge in [-0.2, -0.15) is 0 Å². The third-order valence-electron chi connectivity index (χ3n) is 4.09. The second-order valence-electron chi connectivity index (χ2n) is 5.76. The van der Waals surface area contributed by atoms with Gasteiger partial charge in [-0.3, -0.25) is 0 Å². The van der Waals surface area contributed by atoms with Gasteiger partial charge in [-0.25, -0.2) is 4.79 Å². The largest absolute Gasteiger partial charge is 0.478 e. The lowest BCUT2D eigenvalue weighted by Crippen LogP contribution is -2.07. The lowest BCUT2D eigenvalue weighted by molar-refractivity contribution is 0.0697. The molecule has 3 N–H and O–H groups in total. The lowest BCUT2D eigenvalue weighted by Gasteiger charge is -2.15. The summed E-state index contributed by atoms with van der Waals surface area (Å²) in [6, 6.07) is 3.93. The minimum Gasteiger partial charge on any atom is -0.478 e. The molecule has 0 saturated heterocycles. The van der Waals surface area contributed by atoms with Gasteiger partial charge in [0.1, 0.15) is 0 Å². The van der Waals surface area contributed by atoms with E-state index in [0.717, 1.165) is 23.8 Å². The van der Waals surface area contributed by atoms with Crippen molar-refractivity contribution in [3.05, 3.63) is 34.5 Å². The number of carbonyl (C=O) groups is 1. The van der Waals surface area contributed by atoms with Crippen LogP contribution in [0.1, 0.15) is 54.0 Å². The highest BCUT2D eigenvalue weighted by atomic mass is 16.4. The molecule has 1 aromatic heterocycles. The Labute approximate surface area is 125 Å². The van der Waals surface area contributed by atoms with Crippen molar-refractivity contribution in [1.82, 2.24) is 4.57 Å². The summed E-state index contributed by atoms with van der Waals surface area (Å²) in [4.78, 5) is 11.4. The number of aromatic nitrogens is 1. The fourth-order valence-electron chi connectivity index (χ4n) is 3.22. The summed E-state index contributed by atoms with van der Waals surface area (Å²) in [6.07, 6.45) is 1.59. The normalized spacial score (nSPS) is 11.5. The Balaban J connectivity index is 2.92. The Morgan fingerprint density at radius 1 is 1.38 bits per heavy atom. The third-order valence-corrected chi connectivity index (χ3v) is 4.09. The molecule has 0 atom stereocenters. The van der Waals surface area contributed by atoms with Crippen LogP contribution in [0.4, 0.5) is 0 Å². The number of fused-ring (bicyclic) bond motifs is 1. The SMILES string of the molecule is CCc1cc(C(=O)O)cc2c(CCN)c(C)n(C(C)C)c12. The average molecular weight is 288 g/mol. The summed E-state index contributed by atoms with van der Waals surface area (Å²) in [5, 5.41) is 10.4. The molecule has 4 heteroatoms. The first-order chi connectivity index (χ1) is 9.92. The van der Waals surface area contributed by atoms with Crippen LogP contribution in [0.2, 0.25) is 0 Å². The minimum absolute atomic E-state index is 0.333. The fraction of sp³-hybridized carbons (Fsp3) is 0.471. The van der Waals surface area contributed by atoms with Crippen LogP contribution in [0.5, 0.6) is 0 Å². The number of aromatic carboxylic acids is 1. The smallest absolute Gasteiger partial charge is 0.335 e. The lowest BCUT2D eigenvalue weighted by atomic mass is 10.0. The highest BCUT2D eigenvalue weighted by molar-refractivity contribution is 5.97. The first kappa shape index (κ1) is 15.6. The van der Waals surface area contributed by atoms with Crippen LogP contribution in [-0.2, 0) is 12.8 Å². The maximum Gasteiger partial charge on any atom is 0.335 e. The Kier molecular flexibility index (Phi) is 4.37. The van der Waals surface area contributed by atoms with Crippen LogP contribution in [0.15, 0.2) is 12.1 Å². The third kappa shape index (κ3) is 2.56. The van der Waals surface area contributed by atoms with Crippen LogP contribution in [0.25, 0.3) is 10.9 Å². The quantitative estimate of drug-likeness (QED) is 0.887. The zero-order valence-corrected chi connectivity index (χ0v) is 13.2. The van der Waals surface area contributed by atoms with E-state index in [1.807, 2.05) is 0 Å². The molecular weight excluding hydrogens is 264 g/mol. The van der Waals surface area contributed by atoms with Gasteiger partial charge >= 0.3 is 5.97 Å². The zero-order chi connectivity index (χ0) is 15.7. The van der Waals surface area contributed by atoms with Crippen LogP contribution in [-0.4, -0.2) is 22.2 Å². The Bertz CT molecular complexity index is 684. The molecule has 1 heterocycles. The molecule has 21 heavy (non-hydrogen) atoms. The Morgan fingerprint density at radius 2 is 2.05 bits per heavy atom. The van der Waals surface area contributed by atoms with E-state index in [4.69, 9.17) is 5.73 Å². The first-order valence-electron chi connectivity index (χ1n) is 7.52. The summed E-state index contributed by atoms with van der Waals surface area (Å²) in [5.41, 5.74) is 10.7. The number of hydrogen-bond acceptors (Lipinski definition) is 2. The zero-order valence-electron chi connectivity index (χ0n) is 13.2. The van der Waals surface area contributed by atoms with E-state index in [0.29, 0.717) is 18.2 Å². The molecule has 2 rings (SSSR count). The maximum absolute atomic E-state index is 11.4. The van der Waals surface area contributed by atoms with E-state index < -0.39 is 5.97 Å². The standard InChI is InChI=1S/C17H24N2O2/c1-5-12-8-13(17(20)21)9-15-14(6-7-18)11(4)19(10(2)3)16(12)15/h8-10H,5-7,18H2,1-4H3,(H,20,21). The highest BCUT2D eigenvalue weighted by Crippen LogP contribution is 2.33. The van der Waals surface area contributed by atoms with Gasteiger partial charge in [0, 0.05) is 17.1 Å². The number of nitrogens with zero attached hydrogens (tertiary/aromatic N) is 1. The monoisotopic (exact) mass is 288 g/mol. The molecule has 0 fully saturated rings. The number of carboxylic acids is 1. The van der Waals surface area contributed by atoms with Crippen LogP contribution in [0.3, 0.4) is 0 Å². The average Bonchev–Trinajstić information content (AvgIpc) is 2.71. The summed E-state index contributed by atoms with van der Waals surface area (Å²) >= 11 is 0. The fourth-order valence-corrected chi connectivity index (χ4v) is 3.22. The number of aryl methyl sites for hydroxylation is 1. The van der Waals surface area contributed by atoms with E-state index in [-0.39, 0.29) is 0 Å².